The highest BCUT2D eigenvalue weighted by atomic mass is 35.5. The van der Waals surface area contributed by atoms with Gasteiger partial charge in [0.15, 0.2) is 0 Å². The number of rotatable bonds is 7. The van der Waals surface area contributed by atoms with Crippen molar-refractivity contribution in [3.05, 3.63) is 76.8 Å². The fourth-order valence-corrected chi connectivity index (χ4v) is 6.01. The Morgan fingerprint density at radius 3 is 2.59 bits per heavy atom. The lowest BCUT2D eigenvalue weighted by atomic mass is 9.58. The number of hydrogen-bond acceptors (Lipinski definition) is 5. The number of pyridine rings is 1. The Kier molecular flexibility index (Phi) is 8.65. The average Bonchev–Trinajstić information content (AvgIpc) is 3.18. The van der Waals surface area contributed by atoms with Gasteiger partial charge in [-0.15, -0.1) is 24.8 Å². The molecular formula is C23H28Cl3N5O2S. The van der Waals surface area contributed by atoms with Crippen LogP contribution in [0, 0.1) is 0 Å². The maximum absolute atomic E-state index is 12.4. The molecule has 0 bridgehead atoms. The molecule has 34 heavy (non-hydrogen) atoms. The quantitative estimate of drug-likeness (QED) is 0.468. The Balaban J connectivity index is 0.00000162. The molecule has 0 spiro atoms. The fraction of sp³-hybridized carbons (Fsp3) is 0.391. The van der Waals surface area contributed by atoms with E-state index in [9.17, 15) is 8.42 Å². The SMILES string of the molecule is Cl.Cl.O=S(=O)(NCCn1cc2c(n1)C(C1(c3ccc(Cl)cc3)CCC1)NCC2)c1cccnc1. The van der Waals surface area contributed by atoms with E-state index in [1.54, 1.807) is 12.3 Å². The first-order chi connectivity index (χ1) is 15.5. The van der Waals surface area contributed by atoms with E-state index in [2.05, 4.69) is 33.4 Å². The first kappa shape index (κ1) is 26.9. The maximum atomic E-state index is 12.4. The molecule has 1 saturated carbocycles. The molecule has 2 N–H and O–H groups in total. The zero-order chi connectivity index (χ0) is 22.2. The molecule has 0 saturated heterocycles. The summed E-state index contributed by atoms with van der Waals surface area (Å²) in [7, 11) is -3.58. The fourth-order valence-electron chi connectivity index (χ4n) is 4.90. The summed E-state index contributed by atoms with van der Waals surface area (Å²) in [6, 6.07) is 11.5. The van der Waals surface area contributed by atoms with Gasteiger partial charge in [-0.3, -0.25) is 9.67 Å². The van der Waals surface area contributed by atoms with Gasteiger partial charge in [0, 0.05) is 35.6 Å². The van der Waals surface area contributed by atoms with Crippen LogP contribution >= 0.6 is 36.4 Å². The van der Waals surface area contributed by atoms with Gasteiger partial charge in [0.1, 0.15) is 4.90 Å². The van der Waals surface area contributed by atoms with Crippen LogP contribution in [0.15, 0.2) is 59.9 Å². The van der Waals surface area contributed by atoms with Gasteiger partial charge < -0.3 is 5.32 Å². The highest BCUT2D eigenvalue weighted by Crippen LogP contribution is 2.53. The minimum Gasteiger partial charge on any atom is -0.307 e. The lowest BCUT2D eigenvalue weighted by Crippen LogP contribution is -2.49. The van der Waals surface area contributed by atoms with Crippen LogP contribution in [0.5, 0.6) is 0 Å². The second kappa shape index (κ2) is 10.9. The minimum atomic E-state index is -3.58. The number of fused-ring (bicyclic) bond motifs is 1. The van der Waals surface area contributed by atoms with Gasteiger partial charge in [0.2, 0.25) is 10.0 Å². The van der Waals surface area contributed by atoms with Crippen LogP contribution in [0.1, 0.15) is 42.1 Å². The molecule has 2 aromatic heterocycles. The summed E-state index contributed by atoms with van der Waals surface area (Å²) in [4.78, 5) is 4.05. The lowest BCUT2D eigenvalue weighted by Gasteiger charge is -2.49. The number of aromatic nitrogens is 3. The Morgan fingerprint density at radius 1 is 1.18 bits per heavy atom. The number of halogens is 3. The first-order valence-electron chi connectivity index (χ1n) is 10.9. The van der Waals surface area contributed by atoms with Crippen molar-refractivity contribution >= 4 is 46.4 Å². The van der Waals surface area contributed by atoms with Crippen LogP contribution in [-0.4, -0.2) is 36.3 Å². The molecule has 184 valence electrons. The van der Waals surface area contributed by atoms with Gasteiger partial charge in [-0.2, -0.15) is 5.10 Å². The summed E-state index contributed by atoms with van der Waals surface area (Å²) in [5.74, 6) is 0. The monoisotopic (exact) mass is 543 g/mol. The third kappa shape index (κ3) is 5.12. The molecule has 3 aromatic rings. The second-order valence-electron chi connectivity index (χ2n) is 8.54. The van der Waals surface area contributed by atoms with E-state index < -0.39 is 10.0 Å². The molecule has 11 heteroatoms. The van der Waals surface area contributed by atoms with Crippen molar-refractivity contribution < 1.29 is 8.42 Å². The largest absolute Gasteiger partial charge is 0.307 e. The number of benzene rings is 1. The Hall–Kier alpha value is -1.68. The van der Waals surface area contributed by atoms with E-state index in [-0.39, 0.29) is 47.7 Å². The van der Waals surface area contributed by atoms with Gasteiger partial charge in [-0.1, -0.05) is 30.2 Å². The topological polar surface area (TPSA) is 88.9 Å². The van der Waals surface area contributed by atoms with Crippen molar-refractivity contribution in [2.24, 2.45) is 0 Å². The summed E-state index contributed by atoms with van der Waals surface area (Å²) in [5.41, 5.74) is 3.66. The van der Waals surface area contributed by atoms with Crippen LogP contribution < -0.4 is 10.0 Å². The molecule has 1 fully saturated rings. The van der Waals surface area contributed by atoms with Crippen molar-refractivity contribution in [1.29, 1.82) is 0 Å². The molecule has 7 nitrogen and oxygen atoms in total. The molecule has 1 aliphatic heterocycles. The van der Waals surface area contributed by atoms with Crippen LogP contribution in [0.4, 0.5) is 0 Å². The summed E-state index contributed by atoms with van der Waals surface area (Å²) in [6.07, 6.45) is 9.32. The Bertz CT molecular complexity index is 1200. The highest BCUT2D eigenvalue weighted by molar-refractivity contribution is 7.89. The summed E-state index contributed by atoms with van der Waals surface area (Å²) in [6.45, 7) is 1.64. The van der Waals surface area contributed by atoms with Crippen molar-refractivity contribution in [2.75, 3.05) is 13.1 Å². The smallest absolute Gasteiger partial charge is 0.242 e. The summed E-state index contributed by atoms with van der Waals surface area (Å²) >= 11 is 6.13. The molecule has 0 amide bonds. The minimum absolute atomic E-state index is 0. The van der Waals surface area contributed by atoms with Crippen molar-refractivity contribution in [2.45, 2.75) is 48.6 Å². The Labute approximate surface area is 217 Å². The highest BCUT2D eigenvalue weighted by Gasteiger charge is 2.48. The zero-order valence-corrected chi connectivity index (χ0v) is 21.7. The average molecular weight is 545 g/mol. The molecule has 1 unspecified atom stereocenters. The van der Waals surface area contributed by atoms with Crippen LogP contribution in [0.3, 0.4) is 0 Å². The third-order valence-corrected chi connectivity index (χ3v) is 8.38. The summed E-state index contributed by atoms with van der Waals surface area (Å²) < 4.78 is 29.4. The van der Waals surface area contributed by atoms with E-state index in [4.69, 9.17) is 16.7 Å². The summed E-state index contributed by atoms with van der Waals surface area (Å²) in [5, 5.41) is 9.36. The van der Waals surface area contributed by atoms with Crippen LogP contribution in [0.2, 0.25) is 5.02 Å². The predicted molar refractivity (Wildman–Crippen MR) is 138 cm³/mol. The van der Waals surface area contributed by atoms with Gasteiger partial charge >= 0.3 is 0 Å². The van der Waals surface area contributed by atoms with E-state index in [0.29, 0.717) is 6.54 Å². The standard InChI is InChI=1S/C23H26ClN5O2S.2ClH/c24-19-6-4-18(5-7-19)23(9-2-10-23)22-21-17(8-12-26-22)16-29(28-21)14-13-27-32(30,31)20-3-1-11-25-15-20;;/h1,3-7,11,15-16,22,26-27H,2,8-10,12-14H2;2*1H. The Morgan fingerprint density at radius 2 is 1.94 bits per heavy atom. The van der Waals surface area contributed by atoms with Gasteiger partial charge in [-0.05, 0) is 61.2 Å². The molecule has 1 aromatic carbocycles. The van der Waals surface area contributed by atoms with Crippen molar-refractivity contribution in [1.82, 2.24) is 24.8 Å². The van der Waals surface area contributed by atoms with E-state index in [1.807, 2.05) is 16.8 Å². The predicted octanol–water partition coefficient (Wildman–Crippen LogP) is 4.06. The van der Waals surface area contributed by atoms with E-state index in [0.717, 1.165) is 36.5 Å². The number of sulfonamides is 1. The first-order valence-corrected chi connectivity index (χ1v) is 12.8. The third-order valence-electron chi connectivity index (χ3n) is 6.68. The number of nitrogens with zero attached hydrogens (tertiary/aromatic N) is 3. The molecular weight excluding hydrogens is 517 g/mol. The van der Waals surface area contributed by atoms with Gasteiger partial charge in [-0.25, -0.2) is 13.1 Å². The van der Waals surface area contributed by atoms with Gasteiger partial charge in [0.25, 0.3) is 0 Å². The number of hydrogen-bond donors (Lipinski definition) is 2. The lowest BCUT2D eigenvalue weighted by molar-refractivity contribution is 0.161. The zero-order valence-electron chi connectivity index (χ0n) is 18.5. The van der Waals surface area contributed by atoms with Crippen molar-refractivity contribution in [3.63, 3.8) is 0 Å². The molecule has 0 radical (unpaired) electrons. The van der Waals surface area contributed by atoms with Crippen LogP contribution in [-0.2, 0) is 28.4 Å². The van der Waals surface area contributed by atoms with Crippen molar-refractivity contribution in [3.8, 4) is 0 Å². The second-order valence-corrected chi connectivity index (χ2v) is 10.7. The molecule has 1 aliphatic carbocycles. The van der Waals surface area contributed by atoms with E-state index >= 15 is 0 Å². The molecule has 5 rings (SSSR count). The van der Waals surface area contributed by atoms with Crippen LogP contribution in [0.25, 0.3) is 0 Å². The van der Waals surface area contributed by atoms with Gasteiger partial charge in [0.05, 0.1) is 18.3 Å². The number of nitrogens with one attached hydrogen (secondary N) is 2. The normalized spacial score (nSPS) is 18.7. The molecule has 3 heterocycles. The maximum Gasteiger partial charge on any atom is 0.242 e. The van der Waals surface area contributed by atoms with E-state index in [1.165, 1.54) is 29.8 Å². The molecule has 1 atom stereocenters. The molecule has 2 aliphatic rings.